The van der Waals surface area contributed by atoms with Crippen molar-refractivity contribution in [1.29, 1.82) is 0 Å². The molecule has 0 radical (unpaired) electrons. The summed E-state index contributed by atoms with van der Waals surface area (Å²) < 4.78 is 6.40. The van der Waals surface area contributed by atoms with Crippen molar-refractivity contribution in [2.24, 2.45) is 0 Å². The summed E-state index contributed by atoms with van der Waals surface area (Å²) in [6, 6.07) is 21.9. The van der Waals surface area contributed by atoms with Gasteiger partial charge in [-0.1, -0.05) is 49.7 Å². The van der Waals surface area contributed by atoms with E-state index in [1.54, 1.807) is 54.4 Å². The zero-order valence-corrected chi connectivity index (χ0v) is 22.1. The van der Waals surface area contributed by atoms with Gasteiger partial charge in [0.15, 0.2) is 5.11 Å². The Bertz CT molecular complexity index is 1190. The first kappa shape index (κ1) is 26.4. The Morgan fingerprint density at radius 1 is 1.00 bits per heavy atom. The van der Waals surface area contributed by atoms with Crippen LogP contribution in [0.3, 0.4) is 0 Å². The number of nitrogens with one attached hydrogen (secondary N) is 2. The minimum Gasteiger partial charge on any atom is -0.492 e. The number of carbonyl (C=O) groups is 2. The number of benzene rings is 3. The summed E-state index contributed by atoms with van der Waals surface area (Å²) in [6.45, 7) is 3.23. The fourth-order valence-electron chi connectivity index (χ4n) is 3.30. The van der Waals surface area contributed by atoms with E-state index in [0.717, 1.165) is 18.4 Å². The fourth-order valence-corrected chi connectivity index (χ4v) is 4.01. The summed E-state index contributed by atoms with van der Waals surface area (Å²) in [6.07, 6.45) is 2.01. The molecule has 0 aliphatic heterocycles. The summed E-state index contributed by atoms with van der Waals surface area (Å²) in [5.74, 6) is 0.228. The van der Waals surface area contributed by atoms with Crippen molar-refractivity contribution in [2.75, 3.05) is 19.0 Å². The molecular formula is C27H28BrN3O3S. The average Bonchev–Trinajstić information content (AvgIpc) is 2.85. The molecule has 3 aromatic rings. The van der Waals surface area contributed by atoms with Gasteiger partial charge in [-0.2, -0.15) is 0 Å². The lowest BCUT2D eigenvalue weighted by Gasteiger charge is -2.18. The lowest BCUT2D eigenvalue weighted by molar-refractivity contribution is 0.0785. The first-order valence-corrected chi connectivity index (χ1v) is 12.5. The molecule has 0 aliphatic rings. The maximum atomic E-state index is 12.9. The average molecular weight is 555 g/mol. The van der Waals surface area contributed by atoms with Crippen molar-refractivity contribution in [2.45, 2.75) is 26.3 Å². The van der Waals surface area contributed by atoms with E-state index in [1.165, 1.54) is 0 Å². The van der Waals surface area contributed by atoms with Gasteiger partial charge in [0.1, 0.15) is 5.75 Å². The number of rotatable bonds is 9. The Morgan fingerprint density at radius 3 is 2.49 bits per heavy atom. The van der Waals surface area contributed by atoms with Crippen molar-refractivity contribution < 1.29 is 14.3 Å². The summed E-state index contributed by atoms with van der Waals surface area (Å²) in [7, 11) is 1.76. The second kappa shape index (κ2) is 13.0. The second-order valence-corrected chi connectivity index (χ2v) is 9.25. The summed E-state index contributed by atoms with van der Waals surface area (Å²) in [5, 5.41) is 5.79. The molecule has 3 rings (SSSR count). The van der Waals surface area contributed by atoms with Crippen LogP contribution in [0.4, 0.5) is 5.69 Å². The van der Waals surface area contributed by atoms with E-state index in [4.69, 9.17) is 17.0 Å². The molecule has 0 heterocycles. The number of nitrogens with zero attached hydrogens (tertiary/aromatic N) is 1. The highest BCUT2D eigenvalue weighted by Gasteiger charge is 2.14. The molecule has 0 spiro atoms. The number of carbonyl (C=O) groups excluding carboxylic acids is 2. The van der Waals surface area contributed by atoms with Crippen molar-refractivity contribution in [3.8, 4) is 5.75 Å². The van der Waals surface area contributed by atoms with Crippen LogP contribution in [-0.4, -0.2) is 35.5 Å². The number of hydrogen-bond donors (Lipinski definition) is 2. The van der Waals surface area contributed by atoms with Crippen molar-refractivity contribution in [1.82, 2.24) is 10.2 Å². The first-order chi connectivity index (χ1) is 16.9. The van der Waals surface area contributed by atoms with Crippen LogP contribution in [0.25, 0.3) is 0 Å². The van der Waals surface area contributed by atoms with Gasteiger partial charge in [0.05, 0.1) is 11.1 Å². The molecule has 8 heteroatoms. The number of anilines is 1. The smallest absolute Gasteiger partial charge is 0.257 e. The second-order valence-electron chi connectivity index (χ2n) is 7.98. The van der Waals surface area contributed by atoms with E-state index in [-0.39, 0.29) is 16.9 Å². The maximum Gasteiger partial charge on any atom is 0.257 e. The molecule has 3 aromatic carbocycles. The lowest BCUT2D eigenvalue weighted by atomic mass is 10.1. The summed E-state index contributed by atoms with van der Waals surface area (Å²) in [5.41, 5.74) is 2.62. The molecule has 0 saturated heterocycles. The normalized spacial score (nSPS) is 10.4. The molecule has 182 valence electrons. The molecule has 2 amide bonds. The van der Waals surface area contributed by atoms with Gasteiger partial charge in [0.2, 0.25) is 0 Å². The van der Waals surface area contributed by atoms with E-state index in [0.29, 0.717) is 40.2 Å². The molecule has 0 bridgehead atoms. The number of halogens is 1. The molecule has 0 aromatic heterocycles. The molecule has 0 saturated carbocycles. The fraction of sp³-hybridized carbons (Fsp3) is 0.222. The predicted molar refractivity (Wildman–Crippen MR) is 147 cm³/mol. The van der Waals surface area contributed by atoms with Gasteiger partial charge in [-0.3, -0.25) is 14.9 Å². The third kappa shape index (κ3) is 7.90. The Morgan fingerprint density at radius 2 is 1.77 bits per heavy atom. The van der Waals surface area contributed by atoms with Gasteiger partial charge in [-0.15, -0.1) is 0 Å². The number of amides is 2. The van der Waals surface area contributed by atoms with Crippen molar-refractivity contribution in [3.63, 3.8) is 0 Å². The van der Waals surface area contributed by atoms with Gasteiger partial charge >= 0.3 is 0 Å². The highest BCUT2D eigenvalue weighted by Crippen LogP contribution is 2.26. The van der Waals surface area contributed by atoms with Crippen LogP contribution in [0.1, 0.15) is 46.0 Å². The van der Waals surface area contributed by atoms with Gasteiger partial charge in [-0.25, -0.2) is 0 Å². The molecule has 0 atom stereocenters. The first-order valence-electron chi connectivity index (χ1n) is 11.3. The Hall–Kier alpha value is -3.23. The quantitative estimate of drug-likeness (QED) is 0.250. The third-order valence-corrected chi connectivity index (χ3v) is 5.98. The number of thiocarbonyl (C=S) groups is 1. The molecule has 35 heavy (non-hydrogen) atoms. The third-order valence-electron chi connectivity index (χ3n) is 5.15. The maximum absolute atomic E-state index is 12.9. The highest BCUT2D eigenvalue weighted by molar-refractivity contribution is 9.10. The van der Waals surface area contributed by atoms with Crippen LogP contribution in [0.2, 0.25) is 0 Å². The molecular weight excluding hydrogens is 526 g/mol. The van der Waals surface area contributed by atoms with Gasteiger partial charge in [-0.05, 0) is 76.5 Å². The Labute approximate surface area is 219 Å². The molecule has 2 N–H and O–H groups in total. The van der Waals surface area contributed by atoms with Crippen LogP contribution in [0, 0.1) is 0 Å². The lowest BCUT2D eigenvalue weighted by Crippen LogP contribution is -2.34. The van der Waals surface area contributed by atoms with Gasteiger partial charge in [0, 0.05) is 30.4 Å². The SMILES string of the molecule is CCCCOc1ccc(C(=O)NC(=S)Nc2cccc(C(=O)N(C)Cc3ccccc3)c2)cc1Br. The monoisotopic (exact) mass is 553 g/mol. The Balaban J connectivity index is 1.58. The van der Waals surface area contributed by atoms with Crippen LogP contribution in [0.15, 0.2) is 77.3 Å². The highest BCUT2D eigenvalue weighted by atomic mass is 79.9. The van der Waals surface area contributed by atoms with Crippen molar-refractivity contribution in [3.05, 3.63) is 94.0 Å². The van der Waals surface area contributed by atoms with Crippen LogP contribution < -0.4 is 15.4 Å². The molecule has 6 nitrogen and oxygen atoms in total. The van der Waals surface area contributed by atoms with E-state index in [2.05, 4.69) is 33.5 Å². The van der Waals surface area contributed by atoms with E-state index in [9.17, 15) is 9.59 Å². The number of unbranched alkanes of at least 4 members (excludes halogenated alkanes) is 1. The van der Waals surface area contributed by atoms with E-state index >= 15 is 0 Å². The molecule has 0 fully saturated rings. The number of hydrogen-bond acceptors (Lipinski definition) is 4. The van der Waals surface area contributed by atoms with Crippen LogP contribution in [-0.2, 0) is 6.54 Å². The minimum absolute atomic E-state index is 0.112. The zero-order valence-electron chi connectivity index (χ0n) is 19.7. The van der Waals surface area contributed by atoms with Gasteiger partial charge < -0.3 is 15.0 Å². The largest absolute Gasteiger partial charge is 0.492 e. The minimum atomic E-state index is -0.349. The predicted octanol–water partition coefficient (Wildman–Crippen LogP) is 6.03. The zero-order chi connectivity index (χ0) is 25.2. The summed E-state index contributed by atoms with van der Waals surface area (Å²) >= 11 is 8.77. The topological polar surface area (TPSA) is 70.7 Å². The van der Waals surface area contributed by atoms with E-state index in [1.807, 2.05) is 30.3 Å². The Kier molecular flexibility index (Phi) is 9.81. The number of ether oxygens (including phenoxy) is 1. The van der Waals surface area contributed by atoms with Crippen LogP contribution in [0.5, 0.6) is 5.75 Å². The summed E-state index contributed by atoms with van der Waals surface area (Å²) in [4.78, 5) is 27.2. The van der Waals surface area contributed by atoms with Crippen molar-refractivity contribution >= 4 is 50.8 Å². The van der Waals surface area contributed by atoms with Crippen LogP contribution >= 0.6 is 28.1 Å². The van der Waals surface area contributed by atoms with E-state index < -0.39 is 0 Å². The van der Waals surface area contributed by atoms with Gasteiger partial charge in [0.25, 0.3) is 11.8 Å². The molecule has 0 unspecified atom stereocenters. The standard InChI is InChI=1S/C27H28BrN3O3S/c1-3-4-15-34-24-14-13-20(17-23(24)28)25(32)30-27(35)29-22-12-8-11-21(16-22)26(33)31(2)18-19-9-6-5-7-10-19/h5-14,16-17H,3-4,15,18H2,1-2H3,(H2,29,30,32,35). The molecule has 0 aliphatic carbocycles.